The summed E-state index contributed by atoms with van der Waals surface area (Å²) in [5, 5.41) is 0.662. The summed E-state index contributed by atoms with van der Waals surface area (Å²) in [4.78, 5) is 15.7. The third kappa shape index (κ3) is 3.63. The summed E-state index contributed by atoms with van der Waals surface area (Å²) >= 11 is 7.86. The minimum atomic E-state index is -0.410. The molecule has 1 aromatic carbocycles. The number of halogens is 2. The van der Waals surface area contributed by atoms with Gasteiger partial charge in [0, 0.05) is 5.02 Å². The van der Waals surface area contributed by atoms with Gasteiger partial charge in [-0.25, -0.2) is 9.78 Å². The molecule has 0 saturated carbocycles. The van der Waals surface area contributed by atoms with Gasteiger partial charge >= 0.3 is 5.97 Å². The lowest BCUT2D eigenvalue weighted by Crippen LogP contribution is -2.16. The maximum absolute atomic E-state index is 11.6. The molecule has 1 heterocycles. The lowest BCUT2D eigenvalue weighted by Gasteiger charge is -2.10. The number of carbonyl (C=O) groups is 1. The highest BCUT2D eigenvalue weighted by atomic mass is 127. The summed E-state index contributed by atoms with van der Waals surface area (Å²) in [7, 11) is 1.34. The molecule has 0 N–H and O–H groups in total. The topological polar surface area (TPSA) is 53.3 Å². The number of nitrogens with zero attached hydrogens (tertiary/aromatic N) is 2. The highest BCUT2D eigenvalue weighted by Crippen LogP contribution is 2.16. The normalized spacial score (nSPS) is 10.3. The first-order valence-electron chi connectivity index (χ1n) is 5.79. The maximum atomic E-state index is 11.6. The van der Waals surface area contributed by atoms with E-state index >= 15 is 0 Å². The lowest BCUT2D eigenvalue weighted by atomic mass is 10.3. The van der Waals surface area contributed by atoms with Gasteiger partial charge in [-0.15, -0.1) is 0 Å². The van der Waals surface area contributed by atoms with Crippen LogP contribution in [-0.2, 0) is 11.3 Å². The van der Waals surface area contributed by atoms with Crippen LogP contribution in [0.15, 0.2) is 30.5 Å². The molecule has 0 atom stereocenters. The number of hydrogen-bond acceptors (Lipinski definition) is 4. The van der Waals surface area contributed by atoms with E-state index in [9.17, 15) is 4.79 Å². The van der Waals surface area contributed by atoms with Gasteiger partial charge in [0.05, 0.1) is 19.9 Å². The molecule has 2 aromatic rings. The summed E-state index contributed by atoms with van der Waals surface area (Å²) in [6.45, 7) is 0.920. The Labute approximate surface area is 135 Å². The van der Waals surface area contributed by atoms with Crippen LogP contribution in [0.2, 0.25) is 5.02 Å². The largest absolute Gasteiger partial charge is 0.492 e. The monoisotopic (exact) mass is 406 g/mol. The Bertz CT molecular complexity index is 598. The van der Waals surface area contributed by atoms with E-state index in [1.807, 2.05) is 0 Å². The van der Waals surface area contributed by atoms with Crippen LogP contribution in [0.5, 0.6) is 5.75 Å². The van der Waals surface area contributed by atoms with E-state index in [2.05, 4.69) is 27.6 Å². The van der Waals surface area contributed by atoms with Crippen molar-refractivity contribution in [1.29, 1.82) is 0 Å². The second kappa shape index (κ2) is 6.94. The predicted molar refractivity (Wildman–Crippen MR) is 83.2 cm³/mol. The Hall–Kier alpha value is -1.28. The van der Waals surface area contributed by atoms with Gasteiger partial charge in [-0.1, -0.05) is 11.6 Å². The van der Waals surface area contributed by atoms with Gasteiger partial charge in [0.1, 0.15) is 18.1 Å². The molecule has 5 nitrogen and oxygen atoms in total. The lowest BCUT2D eigenvalue weighted by molar-refractivity contribution is 0.0587. The average Bonchev–Trinajstić information content (AvgIpc) is 2.82. The predicted octanol–water partition coefficient (Wildman–Crippen LogP) is 3.01. The fourth-order valence-electron chi connectivity index (χ4n) is 1.62. The molecule has 0 unspecified atom stereocenters. The zero-order valence-electron chi connectivity index (χ0n) is 10.7. The van der Waals surface area contributed by atoms with E-state index in [-0.39, 0.29) is 0 Å². The molecule has 0 spiro atoms. The summed E-state index contributed by atoms with van der Waals surface area (Å²) < 4.78 is 12.8. The van der Waals surface area contributed by atoms with E-state index in [4.69, 9.17) is 21.1 Å². The van der Waals surface area contributed by atoms with Gasteiger partial charge in [0.25, 0.3) is 0 Å². The number of methoxy groups -OCH3 is 1. The van der Waals surface area contributed by atoms with Crippen molar-refractivity contribution in [2.75, 3.05) is 13.7 Å². The number of esters is 1. The molecule has 0 bridgehead atoms. The smallest absolute Gasteiger partial charge is 0.356 e. The summed E-state index contributed by atoms with van der Waals surface area (Å²) in [6.07, 6.45) is 1.50. The zero-order valence-corrected chi connectivity index (χ0v) is 13.6. The summed E-state index contributed by atoms with van der Waals surface area (Å²) in [5.41, 5.74) is 0.414. The molecular weight excluding hydrogens is 395 g/mol. The molecule has 2 rings (SSSR count). The van der Waals surface area contributed by atoms with Crippen molar-refractivity contribution in [3.05, 3.63) is 45.0 Å². The molecule has 0 amide bonds. The fraction of sp³-hybridized carbons (Fsp3) is 0.231. The molecule has 0 aliphatic heterocycles. The van der Waals surface area contributed by atoms with Crippen molar-refractivity contribution >= 4 is 40.2 Å². The van der Waals surface area contributed by atoms with Crippen molar-refractivity contribution in [3.63, 3.8) is 0 Å². The highest BCUT2D eigenvalue weighted by molar-refractivity contribution is 14.1. The highest BCUT2D eigenvalue weighted by Gasteiger charge is 2.15. The molecule has 0 radical (unpaired) electrons. The van der Waals surface area contributed by atoms with Crippen LogP contribution in [0.3, 0.4) is 0 Å². The van der Waals surface area contributed by atoms with Gasteiger partial charge < -0.3 is 14.0 Å². The first-order valence-corrected chi connectivity index (χ1v) is 7.25. The molecule has 106 valence electrons. The molecule has 0 saturated heterocycles. The maximum Gasteiger partial charge on any atom is 0.356 e. The van der Waals surface area contributed by atoms with Gasteiger partial charge in [0.15, 0.2) is 3.83 Å². The number of carbonyl (C=O) groups excluding carboxylic acids is 1. The Morgan fingerprint density at radius 3 is 2.75 bits per heavy atom. The fourth-order valence-corrected chi connectivity index (χ4v) is 2.39. The van der Waals surface area contributed by atoms with Crippen molar-refractivity contribution in [3.8, 4) is 5.75 Å². The van der Waals surface area contributed by atoms with Crippen LogP contribution in [0.25, 0.3) is 0 Å². The van der Waals surface area contributed by atoms with Crippen molar-refractivity contribution in [2.24, 2.45) is 0 Å². The number of hydrogen-bond donors (Lipinski definition) is 0. The second-order valence-corrected chi connectivity index (χ2v) is 5.26. The van der Waals surface area contributed by atoms with Crippen LogP contribution in [0, 0.1) is 3.83 Å². The van der Waals surface area contributed by atoms with Crippen molar-refractivity contribution in [2.45, 2.75) is 6.54 Å². The molecular formula is C13H12ClIN2O3. The standard InChI is InChI=1S/C13H12ClIN2O3/c1-19-12(18)11-8-16-13(15)17(11)6-7-20-10-4-2-9(14)3-5-10/h2-5,8H,6-7H2,1H3. The number of rotatable bonds is 5. The zero-order chi connectivity index (χ0) is 14.5. The average molecular weight is 407 g/mol. The Balaban J connectivity index is 1.99. The van der Waals surface area contributed by atoms with Crippen LogP contribution >= 0.6 is 34.2 Å². The molecule has 1 aromatic heterocycles. The second-order valence-electron chi connectivity index (χ2n) is 3.86. The van der Waals surface area contributed by atoms with E-state index in [0.29, 0.717) is 27.7 Å². The van der Waals surface area contributed by atoms with Crippen LogP contribution in [-0.4, -0.2) is 29.2 Å². The van der Waals surface area contributed by atoms with Crippen LogP contribution < -0.4 is 4.74 Å². The summed E-state index contributed by atoms with van der Waals surface area (Å²) in [5.74, 6) is 0.316. The van der Waals surface area contributed by atoms with E-state index < -0.39 is 5.97 Å². The molecule has 20 heavy (non-hydrogen) atoms. The third-order valence-electron chi connectivity index (χ3n) is 2.60. The van der Waals surface area contributed by atoms with E-state index in [1.165, 1.54) is 13.3 Å². The van der Waals surface area contributed by atoms with Crippen LogP contribution in [0.4, 0.5) is 0 Å². The van der Waals surface area contributed by atoms with Gasteiger partial charge in [-0.3, -0.25) is 0 Å². The SMILES string of the molecule is COC(=O)c1cnc(I)n1CCOc1ccc(Cl)cc1. The Morgan fingerprint density at radius 2 is 2.10 bits per heavy atom. The van der Waals surface area contributed by atoms with E-state index in [0.717, 1.165) is 5.75 Å². The van der Waals surface area contributed by atoms with E-state index in [1.54, 1.807) is 28.8 Å². The Morgan fingerprint density at radius 1 is 1.40 bits per heavy atom. The third-order valence-corrected chi connectivity index (χ3v) is 3.71. The number of imidazole rings is 1. The number of ether oxygens (including phenoxy) is 2. The van der Waals surface area contributed by atoms with Crippen molar-refractivity contribution < 1.29 is 14.3 Å². The van der Waals surface area contributed by atoms with Gasteiger partial charge in [-0.2, -0.15) is 0 Å². The number of aromatic nitrogens is 2. The van der Waals surface area contributed by atoms with Crippen LogP contribution in [0.1, 0.15) is 10.5 Å². The van der Waals surface area contributed by atoms with Crippen molar-refractivity contribution in [1.82, 2.24) is 9.55 Å². The number of benzene rings is 1. The molecule has 0 aliphatic carbocycles. The quantitative estimate of drug-likeness (QED) is 0.566. The molecule has 0 fully saturated rings. The first kappa shape index (κ1) is 15.1. The summed E-state index contributed by atoms with van der Waals surface area (Å²) in [6, 6.07) is 7.11. The first-order chi connectivity index (χ1) is 9.61. The minimum Gasteiger partial charge on any atom is -0.492 e. The molecule has 7 heteroatoms. The Kier molecular flexibility index (Phi) is 5.24. The molecule has 0 aliphatic rings. The van der Waals surface area contributed by atoms with Gasteiger partial charge in [0.2, 0.25) is 0 Å². The van der Waals surface area contributed by atoms with Gasteiger partial charge in [-0.05, 0) is 46.9 Å². The minimum absolute atomic E-state index is 0.410.